The van der Waals surface area contributed by atoms with Crippen LogP contribution in [0.5, 0.6) is 11.5 Å². The van der Waals surface area contributed by atoms with Crippen LogP contribution in [-0.2, 0) is 30.5 Å². The Balaban J connectivity index is 1.31. The van der Waals surface area contributed by atoms with Gasteiger partial charge in [-0.2, -0.15) is 4.99 Å². The van der Waals surface area contributed by atoms with E-state index < -0.39 is 35.4 Å². The highest BCUT2D eigenvalue weighted by molar-refractivity contribution is 5.93. The summed E-state index contributed by atoms with van der Waals surface area (Å²) < 4.78 is 11.6. The van der Waals surface area contributed by atoms with Crippen molar-refractivity contribution in [3.63, 3.8) is 0 Å². The molecular weight excluding hydrogens is 861 g/mol. The molecule has 1 aliphatic heterocycles. The number of nitrogens with zero attached hydrogens (tertiary/aromatic N) is 3. The van der Waals surface area contributed by atoms with Gasteiger partial charge in [-0.25, -0.2) is 9.59 Å². The summed E-state index contributed by atoms with van der Waals surface area (Å²) in [6, 6.07) is 21.3. The van der Waals surface area contributed by atoms with Crippen LogP contribution in [0.3, 0.4) is 0 Å². The summed E-state index contributed by atoms with van der Waals surface area (Å²) in [5.74, 6) is -1.33. The Kier molecular flexibility index (Phi) is 21.7. The molecule has 0 aliphatic carbocycles. The van der Waals surface area contributed by atoms with Gasteiger partial charge >= 0.3 is 12.1 Å². The van der Waals surface area contributed by atoms with E-state index in [1.165, 1.54) is 12.1 Å². The van der Waals surface area contributed by atoms with Crippen molar-refractivity contribution in [2.75, 3.05) is 65.5 Å². The molecule has 1 unspecified atom stereocenters. The fourth-order valence-corrected chi connectivity index (χ4v) is 6.90. The van der Waals surface area contributed by atoms with Gasteiger partial charge in [0.25, 0.3) is 0 Å². The number of phenols is 1. The molecule has 0 radical (unpaired) electrons. The summed E-state index contributed by atoms with van der Waals surface area (Å²) in [7, 11) is 0. The second-order valence-electron chi connectivity index (χ2n) is 17.0. The van der Waals surface area contributed by atoms with Gasteiger partial charge in [0.05, 0.1) is 19.1 Å². The third-order valence-corrected chi connectivity index (χ3v) is 10.4. The smallest absolute Gasteiger partial charge is 0.410 e. The van der Waals surface area contributed by atoms with E-state index in [1.54, 1.807) is 24.0 Å². The molecule has 0 bridgehead atoms. The van der Waals surface area contributed by atoms with Crippen molar-refractivity contribution in [3.05, 3.63) is 95.6 Å². The Labute approximate surface area is 393 Å². The number of nitrogens with one attached hydrogen (secondary N) is 6. The van der Waals surface area contributed by atoms with Gasteiger partial charge in [-0.3, -0.25) is 24.1 Å². The van der Waals surface area contributed by atoms with Gasteiger partial charge in [-0.05, 0) is 87.4 Å². The highest BCUT2D eigenvalue weighted by atomic mass is 16.6. The van der Waals surface area contributed by atoms with Crippen molar-refractivity contribution in [2.45, 2.75) is 83.9 Å². The van der Waals surface area contributed by atoms with Crippen LogP contribution in [-0.4, -0.2) is 134 Å². The first-order chi connectivity index (χ1) is 32.1. The molecule has 1 heterocycles. The maximum absolute atomic E-state index is 14.4. The zero-order valence-corrected chi connectivity index (χ0v) is 39.1. The second-order valence-corrected chi connectivity index (χ2v) is 17.0. The number of nitrogens with two attached hydrogens (primary N) is 1. The largest absolute Gasteiger partial charge is 0.508 e. The van der Waals surface area contributed by atoms with Gasteiger partial charge in [-0.15, -0.1) is 0 Å². The fraction of sp³-hybridized carbons (Fsp3) is 0.479. The van der Waals surface area contributed by atoms with Crippen LogP contribution in [0.2, 0.25) is 0 Å². The molecule has 1 fully saturated rings. The lowest BCUT2D eigenvalue weighted by atomic mass is 9.90. The van der Waals surface area contributed by atoms with E-state index in [2.05, 4.69) is 36.9 Å². The predicted molar refractivity (Wildman–Crippen MR) is 254 cm³/mol. The average molecular weight is 929 g/mol. The molecule has 3 aromatic carbocycles. The number of piperazine rings is 1. The van der Waals surface area contributed by atoms with Crippen LogP contribution < -0.4 is 42.4 Å². The Morgan fingerprint density at radius 2 is 1.42 bits per heavy atom. The quantitative estimate of drug-likeness (QED) is 0.0388. The van der Waals surface area contributed by atoms with Crippen LogP contribution in [0.25, 0.3) is 0 Å². The lowest BCUT2D eigenvalue weighted by Gasteiger charge is -2.35. The van der Waals surface area contributed by atoms with Crippen LogP contribution in [0.4, 0.5) is 9.59 Å². The van der Waals surface area contributed by atoms with Crippen molar-refractivity contribution >= 4 is 41.7 Å². The molecule has 2 atom stereocenters. The Morgan fingerprint density at radius 3 is 2.12 bits per heavy atom. The van der Waals surface area contributed by atoms with Gasteiger partial charge in [0, 0.05) is 65.3 Å². The highest BCUT2D eigenvalue weighted by Gasteiger charge is 2.29. The molecule has 7 amide bonds. The lowest BCUT2D eigenvalue weighted by Crippen LogP contribution is -2.52. The van der Waals surface area contributed by atoms with Crippen LogP contribution in [0, 0.1) is 0 Å². The summed E-state index contributed by atoms with van der Waals surface area (Å²) >= 11 is 0. The topological polar surface area (TPSA) is 258 Å². The number of hydrogen-bond donors (Lipinski definition) is 8. The molecule has 9 N–H and O–H groups in total. The molecule has 1 saturated heterocycles. The van der Waals surface area contributed by atoms with Crippen LogP contribution in [0.15, 0.2) is 83.9 Å². The fourth-order valence-electron chi connectivity index (χ4n) is 6.90. The monoisotopic (exact) mass is 929 g/mol. The van der Waals surface area contributed by atoms with E-state index in [4.69, 9.17) is 15.2 Å². The van der Waals surface area contributed by atoms with Gasteiger partial charge < -0.3 is 57.1 Å². The van der Waals surface area contributed by atoms with Gasteiger partial charge in [0.2, 0.25) is 23.6 Å². The van der Waals surface area contributed by atoms with Crippen LogP contribution in [0.1, 0.15) is 82.4 Å². The summed E-state index contributed by atoms with van der Waals surface area (Å²) in [6.45, 7) is 11.3. The number of ether oxygens (including phenoxy) is 2. The van der Waals surface area contributed by atoms with Crippen molar-refractivity contribution in [3.8, 4) is 11.5 Å². The molecule has 1 aliphatic rings. The number of aromatic hydroxyl groups is 1. The van der Waals surface area contributed by atoms with E-state index >= 15 is 0 Å². The number of amides is 7. The molecule has 364 valence electrons. The van der Waals surface area contributed by atoms with E-state index in [0.29, 0.717) is 81.9 Å². The molecule has 0 aromatic heterocycles. The van der Waals surface area contributed by atoms with Crippen molar-refractivity contribution in [2.24, 2.45) is 10.7 Å². The predicted octanol–water partition coefficient (Wildman–Crippen LogP) is 3.07. The van der Waals surface area contributed by atoms with Gasteiger partial charge in [0.15, 0.2) is 5.96 Å². The Bertz CT molecular complexity index is 2090. The van der Waals surface area contributed by atoms with Crippen LogP contribution >= 0.6 is 0 Å². The van der Waals surface area contributed by atoms with Crippen molar-refractivity contribution < 1.29 is 43.3 Å². The number of rotatable bonds is 23. The maximum atomic E-state index is 14.4. The van der Waals surface area contributed by atoms with E-state index in [-0.39, 0.29) is 68.8 Å². The number of phenolic OH excluding ortho intramolecular Hbond substituents is 1. The van der Waals surface area contributed by atoms with Crippen molar-refractivity contribution in [1.82, 2.24) is 41.7 Å². The van der Waals surface area contributed by atoms with Gasteiger partial charge in [0.1, 0.15) is 23.1 Å². The summed E-state index contributed by atoms with van der Waals surface area (Å²) in [6.07, 6.45) is 1.91. The molecule has 4 rings (SSSR count). The van der Waals surface area contributed by atoms with E-state index in [1.807, 2.05) is 80.3 Å². The summed E-state index contributed by atoms with van der Waals surface area (Å²) in [5, 5.41) is 26.6. The number of carbonyl (C=O) groups is 6. The van der Waals surface area contributed by atoms with E-state index in [0.717, 1.165) is 5.56 Å². The molecule has 3 aromatic rings. The SMILES string of the molecule is CCC(=O)NCCNC(=O)/N=C(/N)NCCC[C@@H](NC(=O)C(c1ccccc1)c1cccc(OCCCCNC(=O)CN2CCN(C(=O)OC(C)(C)C)CC2)c1)C(=O)NCc1ccc(O)cc1. The number of unbranched alkanes of at least 4 members (excludes halogenated alkanes) is 1. The lowest BCUT2D eigenvalue weighted by molar-refractivity contribution is -0.129. The highest BCUT2D eigenvalue weighted by Crippen LogP contribution is 2.28. The first-order valence-corrected chi connectivity index (χ1v) is 22.8. The number of guanidine groups is 1. The first-order valence-electron chi connectivity index (χ1n) is 22.8. The van der Waals surface area contributed by atoms with Crippen molar-refractivity contribution in [1.29, 1.82) is 0 Å². The average Bonchev–Trinajstić information content (AvgIpc) is 3.29. The van der Waals surface area contributed by atoms with Gasteiger partial charge in [-0.1, -0.05) is 61.5 Å². The van der Waals surface area contributed by atoms with E-state index in [9.17, 15) is 33.9 Å². The number of hydrogen-bond acceptors (Lipinski definition) is 10. The maximum Gasteiger partial charge on any atom is 0.410 e. The zero-order chi connectivity index (χ0) is 48.6. The molecule has 67 heavy (non-hydrogen) atoms. The minimum absolute atomic E-state index is 0.0814. The Morgan fingerprint density at radius 1 is 0.746 bits per heavy atom. The normalized spacial score (nSPS) is 13.9. The summed E-state index contributed by atoms with van der Waals surface area (Å²) in [4.78, 5) is 84.1. The minimum Gasteiger partial charge on any atom is -0.508 e. The Hall–Kier alpha value is -6.89. The minimum atomic E-state index is -0.966. The second kappa shape index (κ2) is 27.6. The number of benzene rings is 3. The molecular formula is C48H68N10O9. The molecule has 19 nitrogen and oxygen atoms in total. The molecule has 0 spiro atoms. The number of aliphatic imine (C=N–C) groups is 1. The molecule has 19 heteroatoms. The molecule has 0 saturated carbocycles. The number of urea groups is 1. The third kappa shape index (κ3) is 20.0. The zero-order valence-electron chi connectivity index (χ0n) is 39.1. The standard InChI is InChI=1S/C48H68N10O9/c1-5-40(60)51-24-25-53-46(64)56-45(49)52-23-12-17-39(43(62)54-32-34-18-20-37(59)21-19-34)55-44(63)42(35-13-7-6-8-14-35)36-15-11-16-38(31-36)66-30-10-9-22-50-41(61)33-57-26-28-58(29-27-57)47(65)67-48(2,3)4/h6-8,11,13-16,18-21,31,39,42,59H,5,9-10,12,17,22-30,32-33H2,1-4H3,(H,50,61)(H,51,60)(H,54,62)(H,55,63)(H4,49,52,53,56,64)/t39-,42?/m1/s1. The third-order valence-electron chi connectivity index (χ3n) is 10.4. The number of carbonyl (C=O) groups excluding carboxylic acids is 6. The summed E-state index contributed by atoms with van der Waals surface area (Å²) in [5.41, 5.74) is 7.48. The first kappa shape index (κ1) is 52.7.